The minimum atomic E-state index is -0.346. The van der Waals surface area contributed by atoms with Crippen LogP contribution in [0, 0.1) is 0 Å². The van der Waals surface area contributed by atoms with Gasteiger partial charge >= 0.3 is 5.97 Å². The van der Waals surface area contributed by atoms with E-state index in [4.69, 9.17) is 4.74 Å². The molecule has 0 aliphatic heterocycles. The Hall–Kier alpha value is -2.75. The lowest BCUT2D eigenvalue weighted by atomic mass is 10.0. The second-order valence-corrected chi connectivity index (χ2v) is 5.00. The molecule has 1 N–H and O–H groups in total. The molecule has 4 heteroatoms. The lowest BCUT2D eigenvalue weighted by Crippen LogP contribution is -2.10. The number of rotatable bonds is 7. The number of anilines is 1. The van der Waals surface area contributed by atoms with Gasteiger partial charge in [-0.15, -0.1) is 0 Å². The normalized spacial score (nSPS) is 11.9. The number of esters is 1. The molecule has 0 heterocycles. The number of benzene rings is 2. The van der Waals surface area contributed by atoms with E-state index in [1.165, 1.54) is 13.2 Å². The van der Waals surface area contributed by atoms with Gasteiger partial charge in [-0.1, -0.05) is 36.4 Å². The summed E-state index contributed by atoms with van der Waals surface area (Å²) in [5, 5.41) is 3.48. The molecule has 0 saturated carbocycles. The summed E-state index contributed by atoms with van der Waals surface area (Å²) >= 11 is 0. The van der Waals surface area contributed by atoms with Crippen LogP contribution in [0.4, 0.5) is 5.69 Å². The molecule has 120 valence electrons. The highest BCUT2D eigenvalue weighted by Gasteiger charge is 2.10. The summed E-state index contributed by atoms with van der Waals surface area (Å²) in [7, 11) is 3.02. The summed E-state index contributed by atoms with van der Waals surface area (Å²) in [4.78, 5) is 11.2. The Morgan fingerprint density at radius 3 is 2.39 bits per heavy atom. The molecule has 4 nitrogen and oxygen atoms in total. The Kier molecular flexibility index (Phi) is 6.24. The van der Waals surface area contributed by atoms with E-state index >= 15 is 0 Å². The SMILES string of the molecule is COC(=O)/C=C/C[C@H](Nc1ccc(OC)cc1)c1ccccc1. The number of carbonyl (C=O) groups excluding carboxylic acids is 1. The molecule has 0 aliphatic carbocycles. The van der Waals surface area contributed by atoms with E-state index in [0.717, 1.165) is 17.0 Å². The fourth-order valence-corrected chi connectivity index (χ4v) is 2.22. The van der Waals surface area contributed by atoms with E-state index in [0.29, 0.717) is 6.42 Å². The maximum absolute atomic E-state index is 11.2. The number of hydrogen-bond donors (Lipinski definition) is 1. The Morgan fingerprint density at radius 1 is 1.09 bits per heavy atom. The third-order valence-corrected chi connectivity index (χ3v) is 3.46. The van der Waals surface area contributed by atoms with Crippen LogP contribution in [-0.2, 0) is 9.53 Å². The number of nitrogens with one attached hydrogen (secondary N) is 1. The molecule has 0 aromatic heterocycles. The largest absolute Gasteiger partial charge is 0.497 e. The highest BCUT2D eigenvalue weighted by Crippen LogP contribution is 2.24. The van der Waals surface area contributed by atoms with Gasteiger partial charge < -0.3 is 14.8 Å². The first-order valence-corrected chi connectivity index (χ1v) is 7.43. The lowest BCUT2D eigenvalue weighted by Gasteiger charge is -2.19. The maximum atomic E-state index is 11.2. The molecule has 0 radical (unpaired) electrons. The van der Waals surface area contributed by atoms with Crippen LogP contribution in [0.2, 0.25) is 0 Å². The molecule has 1 atom stereocenters. The van der Waals surface area contributed by atoms with Gasteiger partial charge in [0.05, 0.1) is 20.3 Å². The molecule has 2 aromatic carbocycles. The van der Waals surface area contributed by atoms with Crippen molar-refractivity contribution in [3.05, 3.63) is 72.3 Å². The van der Waals surface area contributed by atoms with Gasteiger partial charge in [0.1, 0.15) is 5.75 Å². The predicted molar refractivity (Wildman–Crippen MR) is 91.6 cm³/mol. The molecule has 0 fully saturated rings. The second-order valence-electron chi connectivity index (χ2n) is 5.00. The fourth-order valence-electron chi connectivity index (χ4n) is 2.22. The van der Waals surface area contributed by atoms with E-state index in [-0.39, 0.29) is 12.0 Å². The van der Waals surface area contributed by atoms with Crippen LogP contribution in [0.25, 0.3) is 0 Å². The first-order chi connectivity index (χ1) is 11.2. The Balaban J connectivity index is 2.12. The third-order valence-electron chi connectivity index (χ3n) is 3.46. The monoisotopic (exact) mass is 311 g/mol. The summed E-state index contributed by atoms with van der Waals surface area (Å²) in [5.41, 5.74) is 2.14. The zero-order chi connectivity index (χ0) is 16.5. The van der Waals surface area contributed by atoms with Gasteiger partial charge in [-0.2, -0.15) is 0 Å². The van der Waals surface area contributed by atoms with Crippen molar-refractivity contribution in [2.24, 2.45) is 0 Å². The van der Waals surface area contributed by atoms with Crippen molar-refractivity contribution >= 4 is 11.7 Å². The minimum Gasteiger partial charge on any atom is -0.497 e. The first kappa shape index (κ1) is 16.6. The van der Waals surface area contributed by atoms with E-state index in [2.05, 4.69) is 22.2 Å². The molecule has 2 aromatic rings. The molecular weight excluding hydrogens is 290 g/mol. The molecule has 0 saturated heterocycles. The van der Waals surface area contributed by atoms with Crippen molar-refractivity contribution in [3.8, 4) is 5.75 Å². The number of hydrogen-bond acceptors (Lipinski definition) is 4. The summed E-state index contributed by atoms with van der Waals surface area (Å²) in [5.74, 6) is 0.471. The van der Waals surface area contributed by atoms with Crippen LogP contribution < -0.4 is 10.1 Å². The number of carbonyl (C=O) groups is 1. The van der Waals surface area contributed by atoms with Crippen LogP contribution in [0.1, 0.15) is 18.0 Å². The van der Waals surface area contributed by atoms with Crippen LogP contribution in [0.15, 0.2) is 66.7 Å². The fraction of sp³-hybridized carbons (Fsp3) is 0.211. The maximum Gasteiger partial charge on any atom is 0.330 e. The van der Waals surface area contributed by atoms with Gasteiger partial charge in [-0.05, 0) is 36.2 Å². The average molecular weight is 311 g/mol. The van der Waals surface area contributed by atoms with Gasteiger partial charge in [-0.25, -0.2) is 4.79 Å². The lowest BCUT2D eigenvalue weighted by molar-refractivity contribution is -0.134. The quantitative estimate of drug-likeness (QED) is 0.621. The molecule has 0 unspecified atom stereocenters. The Bertz CT molecular complexity index is 635. The second kappa shape index (κ2) is 8.63. The van der Waals surface area contributed by atoms with Gasteiger partial charge in [0.15, 0.2) is 0 Å². The summed E-state index contributed by atoms with van der Waals surface area (Å²) in [6, 6.07) is 17.9. The standard InChI is InChI=1S/C19H21NO3/c1-22-17-13-11-16(12-14-17)20-18(9-6-10-19(21)23-2)15-7-4-3-5-8-15/h3-8,10-14,18,20H,9H2,1-2H3/b10-6+/t18-/m0/s1. The smallest absolute Gasteiger partial charge is 0.330 e. The van der Waals surface area contributed by atoms with Gasteiger partial charge in [0, 0.05) is 11.8 Å². The Labute approximate surface area is 136 Å². The van der Waals surface area contributed by atoms with E-state index in [9.17, 15) is 4.79 Å². The van der Waals surface area contributed by atoms with E-state index in [1.807, 2.05) is 48.5 Å². The van der Waals surface area contributed by atoms with Crippen LogP contribution in [0.5, 0.6) is 5.75 Å². The molecule has 0 spiro atoms. The molecule has 0 amide bonds. The molecule has 23 heavy (non-hydrogen) atoms. The molecular formula is C19H21NO3. The summed E-state index contributed by atoms with van der Waals surface area (Å²) in [6.45, 7) is 0. The van der Waals surface area contributed by atoms with Crippen LogP contribution in [-0.4, -0.2) is 20.2 Å². The number of ether oxygens (including phenoxy) is 2. The minimum absolute atomic E-state index is 0.0606. The molecule has 2 rings (SSSR count). The van der Waals surface area contributed by atoms with Crippen molar-refractivity contribution < 1.29 is 14.3 Å². The predicted octanol–water partition coefficient (Wildman–Crippen LogP) is 3.97. The van der Waals surface area contributed by atoms with Crippen molar-refractivity contribution in [1.29, 1.82) is 0 Å². The average Bonchev–Trinajstić information content (AvgIpc) is 2.62. The highest BCUT2D eigenvalue weighted by molar-refractivity contribution is 5.81. The molecule has 0 bridgehead atoms. The summed E-state index contributed by atoms with van der Waals surface area (Å²) < 4.78 is 9.79. The van der Waals surface area contributed by atoms with Gasteiger partial charge in [0.2, 0.25) is 0 Å². The van der Waals surface area contributed by atoms with Gasteiger partial charge in [0.25, 0.3) is 0 Å². The zero-order valence-electron chi connectivity index (χ0n) is 13.4. The van der Waals surface area contributed by atoms with Crippen LogP contribution in [0.3, 0.4) is 0 Å². The topological polar surface area (TPSA) is 47.6 Å². The number of methoxy groups -OCH3 is 2. The van der Waals surface area contributed by atoms with Crippen molar-refractivity contribution in [2.75, 3.05) is 19.5 Å². The highest BCUT2D eigenvalue weighted by atomic mass is 16.5. The Morgan fingerprint density at radius 2 is 1.78 bits per heavy atom. The van der Waals surface area contributed by atoms with Crippen LogP contribution >= 0.6 is 0 Å². The zero-order valence-corrected chi connectivity index (χ0v) is 13.4. The first-order valence-electron chi connectivity index (χ1n) is 7.43. The van der Waals surface area contributed by atoms with Crippen molar-refractivity contribution in [3.63, 3.8) is 0 Å². The van der Waals surface area contributed by atoms with Crippen molar-refractivity contribution in [1.82, 2.24) is 0 Å². The van der Waals surface area contributed by atoms with E-state index < -0.39 is 0 Å². The summed E-state index contributed by atoms with van der Waals surface area (Å²) in [6.07, 6.45) is 3.94. The third kappa shape index (κ3) is 5.18. The van der Waals surface area contributed by atoms with Crippen molar-refractivity contribution in [2.45, 2.75) is 12.5 Å². The molecule has 0 aliphatic rings. The van der Waals surface area contributed by atoms with Gasteiger partial charge in [-0.3, -0.25) is 0 Å². The van der Waals surface area contributed by atoms with E-state index in [1.54, 1.807) is 7.11 Å².